The summed E-state index contributed by atoms with van der Waals surface area (Å²) >= 11 is 15.3. The van der Waals surface area contributed by atoms with Crippen LogP contribution in [0.4, 0.5) is 4.39 Å². The van der Waals surface area contributed by atoms with Gasteiger partial charge in [0, 0.05) is 5.02 Å². The molecule has 0 saturated heterocycles. The van der Waals surface area contributed by atoms with Crippen LogP contribution in [0.1, 0.15) is 0 Å². The molecule has 0 radical (unpaired) electrons. The van der Waals surface area contributed by atoms with Crippen molar-refractivity contribution in [3.05, 3.63) is 29.3 Å². The molecule has 0 amide bonds. The summed E-state index contributed by atoms with van der Waals surface area (Å²) in [5.41, 5.74) is 0. The molecule has 0 fully saturated rings. The fourth-order valence-corrected chi connectivity index (χ4v) is 2.17. The molecule has 0 aliphatic heterocycles. The van der Waals surface area contributed by atoms with E-state index >= 15 is 0 Å². The highest BCUT2D eigenvalue weighted by Gasteiger charge is 2.41. The second-order valence-corrected chi connectivity index (χ2v) is 6.56. The topological polar surface area (TPSA) is 34.1 Å². The van der Waals surface area contributed by atoms with Gasteiger partial charge in [0.15, 0.2) is 0 Å². The molecular weight excluding hydrogens is 273 g/mol. The Morgan fingerprint density at radius 3 is 1.93 bits per heavy atom. The second kappa shape index (κ2) is 3.85. The van der Waals surface area contributed by atoms with Gasteiger partial charge in [0.05, 0.1) is 4.90 Å². The van der Waals surface area contributed by atoms with Crippen molar-refractivity contribution in [2.45, 2.75) is 8.81 Å². The predicted octanol–water partition coefficient (Wildman–Crippen LogP) is 3.17. The number of hydrogen-bond donors (Lipinski definition) is 0. The van der Waals surface area contributed by atoms with Gasteiger partial charge in [-0.05, 0) is 47.5 Å². The summed E-state index contributed by atoms with van der Waals surface area (Å²) in [7, 11) is -4.39. The third-order valence-corrected chi connectivity index (χ3v) is 4.40. The van der Waals surface area contributed by atoms with E-state index in [4.69, 9.17) is 34.8 Å². The zero-order valence-corrected chi connectivity index (χ0v) is 9.63. The molecule has 14 heavy (non-hydrogen) atoms. The minimum Gasteiger partial charge on any atom is -0.218 e. The van der Waals surface area contributed by atoms with Gasteiger partial charge >= 0.3 is 3.92 Å². The zero-order valence-electron chi connectivity index (χ0n) is 6.55. The molecule has 0 aliphatic carbocycles. The largest absolute Gasteiger partial charge is 0.362 e. The Kier molecular flexibility index (Phi) is 3.31. The highest BCUT2D eigenvalue weighted by atomic mass is 35.5. The Morgan fingerprint density at radius 2 is 1.57 bits per heavy atom. The molecule has 0 unspecified atom stereocenters. The van der Waals surface area contributed by atoms with Gasteiger partial charge in [-0.1, -0.05) is 11.6 Å². The lowest BCUT2D eigenvalue weighted by Crippen LogP contribution is -2.20. The number of sulfone groups is 1. The van der Waals surface area contributed by atoms with Crippen molar-refractivity contribution in [3.63, 3.8) is 0 Å². The Labute approximate surface area is 95.5 Å². The van der Waals surface area contributed by atoms with Gasteiger partial charge in [-0.3, -0.25) is 0 Å². The molecule has 1 aromatic rings. The summed E-state index contributed by atoms with van der Waals surface area (Å²) in [4.78, 5) is -0.325. The fourth-order valence-electron chi connectivity index (χ4n) is 0.747. The zero-order chi connectivity index (χ0) is 11.0. The SMILES string of the molecule is O=S(=O)(c1ccc(Cl)cc1)C(F)(Cl)Cl. The van der Waals surface area contributed by atoms with E-state index in [0.717, 1.165) is 12.1 Å². The van der Waals surface area contributed by atoms with Crippen LogP contribution in [0, 0.1) is 0 Å². The molecule has 0 spiro atoms. The van der Waals surface area contributed by atoms with E-state index in [1.54, 1.807) is 0 Å². The quantitative estimate of drug-likeness (QED) is 0.778. The van der Waals surface area contributed by atoms with Gasteiger partial charge in [-0.15, -0.1) is 0 Å². The summed E-state index contributed by atoms with van der Waals surface area (Å²) < 4.78 is 32.1. The lowest BCUT2D eigenvalue weighted by molar-refractivity contribution is 0.469. The van der Waals surface area contributed by atoms with E-state index in [1.165, 1.54) is 12.1 Å². The molecule has 0 bridgehead atoms. The van der Waals surface area contributed by atoms with Gasteiger partial charge in [0.1, 0.15) is 0 Å². The maximum absolute atomic E-state index is 12.9. The second-order valence-electron chi connectivity index (χ2n) is 2.40. The van der Waals surface area contributed by atoms with Crippen LogP contribution in [0.25, 0.3) is 0 Å². The van der Waals surface area contributed by atoms with E-state index in [1.807, 2.05) is 0 Å². The number of rotatable bonds is 2. The van der Waals surface area contributed by atoms with Crippen LogP contribution >= 0.6 is 34.8 Å². The summed E-state index contributed by atoms with van der Waals surface area (Å²) in [6.07, 6.45) is 0. The molecule has 0 saturated carbocycles. The Bertz CT molecular complexity index is 421. The normalized spacial score (nSPS) is 12.9. The first-order valence-corrected chi connectivity index (χ1v) is 5.94. The van der Waals surface area contributed by atoms with Gasteiger partial charge in [0.25, 0.3) is 0 Å². The molecule has 1 rings (SSSR count). The summed E-state index contributed by atoms with van der Waals surface area (Å²) in [5, 5.41) is 0.331. The van der Waals surface area contributed by atoms with Crippen LogP contribution in [0.2, 0.25) is 5.02 Å². The molecule has 0 N–H and O–H groups in total. The van der Waals surface area contributed by atoms with Gasteiger partial charge in [-0.25, -0.2) is 8.42 Å². The summed E-state index contributed by atoms with van der Waals surface area (Å²) in [5.74, 6) is 0. The van der Waals surface area contributed by atoms with Crippen LogP contribution in [0.15, 0.2) is 29.2 Å². The first-order chi connectivity index (χ1) is 6.25. The van der Waals surface area contributed by atoms with Crippen LogP contribution in [0.3, 0.4) is 0 Å². The van der Waals surface area contributed by atoms with Gasteiger partial charge < -0.3 is 0 Å². The van der Waals surface area contributed by atoms with Gasteiger partial charge in [0.2, 0.25) is 9.84 Å². The molecule has 78 valence electrons. The lowest BCUT2D eigenvalue weighted by atomic mass is 10.4. The van der Waals surface area contributed by atoms with Gasteiger partial charge in [-0.2, -0.15) is 4.39 Å². The van der Waals surface area contributed by atoms with Crippen LogP contribution in [0.5, 0.6) is 0 Å². The number of hydrogen-bond acceptors (Lipinski definition) is 2. The molecule has 0 aromatic heterocycles. The maximum atomic E-state index is 12.9. The fraction of sp³-hybridized carbons (Fsp3) is 0.143. The van der Waals surface area contributed by atoms with E-state index < -0.39 is 13.8 Å². The van der Waals surface area contributed by atoms with E-state index in [-0.39, 0.29) is 4.90 Å². The van der Waals surface area contributed by atoms with E-state index in [2.05, 4.69) is 0 Å². The lowest BCUT2D eigenvalue weighted by Gasteiger charge is -2.10. The highest BCUT2D eigenvalue weighted by molar-refractivity contribution is 7.95. The van der Waals surface area contributed by atoms with Crippen molar-refractivity contribution in [2.75, 3.05) is 0 Å². The average Bonchev–Trinajstić information content (AvgIpc) is 2.03. The van der Waals surface area contributed by atoms with Crippen LogP contribution < -0.4 is 0 Å². The predicted molar refractivity (Wildman–Crippen MR) is 54.2 cm³/mol. The molecule has 7 heteroatoms. The minimum absolute atomic E-state index is 0.325. The van der Waals surface area contributed by atoms with E-state index in [0.29, 0.717) is 5.02 Å². The molecule has 0 atom stereocenters. The first kappa shape index (κ1) is 12.0. The molecule has 1 aromatic carbocycles. The number of halogens is 4. The maximum Gasteiger partial charge on any atom is 0.362 e. The standard InChI is InChI=1S/C7H4Cl3FO2S/c8-5-1-3-6(4-2-5)14(12,13)7(9,10)11/h1-4H. The molecule has 0 heterocycles. The number of alkyl halides is 3. The monoisotopic (exact) mass is 276 g/mol. The first-order valence-electron chi connectivity index (χ1n) is 3.32. The van der Waals surface area contributed by atoms with E-state index in [9.17, 15) is 12.8 Å². The van der Waals surface area contributed by atoms with Crippen molar-refractivity contribution in [3.8, 4) is 0 Å². The molecular formula is C7H4Cl3FO2S. The molecule has 2 nitrogen and oxygen atoms in total. The van der Waals surface area contributed by atoms with Crippen molar-refractivity contribution in [1.29, 1.82) is 0 Å². The highest BCUT2D eigenvalue weighted by Crippen LogP contribution is 2.35. The summed E-state index contributed by atoms with van der Waals surface area (Å²) in [6.45, 7) is 0. The van der Waals surface area contributed by atoms with Crippen LogP contribution in [-0.4, -0.2) is 12.3 Å². The third-order valence-electron chi connectivity index (χ3n) is 1.43. The van der Waals surface area contributed by atoms with Crippen molar-refractivity contribution >= 4 is 44.6 Å². The smallest absolute Gasteiger partial charge is 0.218 e. The Hall–Kier alpha value is -0.0300. The summed E-state index contributed by atoms with van der Waals surface area (Å²) in [6, 6.07) is 4.84. The number of benzene rings is 1. The molecule has 0 aliphatic rings. The Morgan fingerprint density at radius 1 is 1.14 bits per heavy atom. The minimum atomic E-state index is -4.39. The Balaban J connectivity index is 3.25. The van der Waals surface area contributed by atoms with Crippen molar-refractivity contribution < 1.29 is 12.8 Å². The van der Waals surface area contributed by atoms with Crippen LogP contribution in [-0.2, 0) is 9.84 Å². The third kappa shape index (κ3) is 2.31. The average molecular weight is 278 g/mol. The van der Waals surface area contributed by atoms with Crippen molar-refractivity contribution in [2.24, 2.45) is 0 Å². The van der Waals surface area contributed by atoms with Crippen molar-refractivity contribution in [1.82, 2.24) is 0 Å².